The summed E-state index contributed by atoms with van der Waals surface area (Å²) in [5, 5.41) is 0. The van der Waals surface area contributed by atoms with Crippen LogP contribution in [0.3, 0.4) is 0 Å². The summed E-state index contributed by atoms with van der Waals surface area (Å²) in [6.45, 7) is 7.00. The zero-order valence-electron chi connectivity index (χ0n) is 17.8. The van der Waals surface area contributed by atoms with Gasteiger partial charge < -0.3 is 4.90 Å². The van der Waals surface area contributed by atoms with Crippen molar-refractivity contribution in [1.29, 1.82) is 0 Å². The average Bonchev–Trinajstić information content (AvgIpc) is 2.72. The molecule has 0 bridgehead atoms. The maximum Gasteiger partial charge on any atom is 0.254 e. The van der Waals surface area contributed by atoms with Gasteiger partial charge in [-0.25, -0.2) is 17.2 Å². The minimum atomic E-state index is -3.38. The molecule has 2 aromatic carbocycles. The molecule has 9 heteroatoms. The second-order valence-electron chi connectivity index (χ2n) is 7.80. The van der Waals surface area contributed by atoms with E-state index in [9.17, 15) is 22.0 Å². The number of hydrogen-bond acceptors (Lipinski definition) is 4. The molecular formula is C22H29F2N3O3S. The summed E-state index contributed by atoms with van der Waals surface area (Å²) in [6, 6.07) is 9.60. The maximum atomic E-state index is 13.6. The van der Waals surface area contributed by atoms with Crippen LogP contribution in [0.2, 0.25) is 0 Å². The Morgan fingerprint density at radius 2 is 1.77 bits per heavy atom. The van der Waals surface area contributed by atoms with Gasteiger partial charge in [-0.15, -0.1) is 0 Å². The van der Waals surface area contributed by atoms with Crippen molar-refractivity contribution in [3.05, 3.63) is 65.2 Å². The summed E-state index contributed by atoms with van der Waals surface area (Å²) in [6.07, 6.45) is 0. The number of hydrogen-bond donors (Lipinski definition) is 1. The molecule has 0 spiro atoms. The molecule has 0 aliphatic carbocycles. The molecule has 0 aromatic heterocycles. The van der Waals surface area contributed by atoms with Crippen LogP contribution in [0.4, 0.5) is 14.5 Å². The van der Waals surface area contributed by atoms with Crippen LogP contribution in [0.15, 0.2) is 42.5 Å². The van der Waals surface area contributed by atoms with Crippen molar-refractivity contribution in [2.24, 2.45) is 0 Å². The quantitative estimate of drug-likeness (QED) is 0.721. The number of rotatable bonds is 6. The molecule has 6 nitrogen and oxygen atoms in total. The molecule has 1 fully saturated rings. The van der Waals surface area contributed by atoms with Gasteiger partial charge in [0, 0.05) is 50.5 Å². The number of carbonyl (C=O) groups is 1. The number of nitrogens with zero attached hydrogens (tertiary/aromatic N) is 2. The molecular weight excluding hydrogens is 424 g/mol. The number of anilines is 1. The smallest absolute Gasteiger partial charge is 0.254 e. The van der Waals surface area contributed by atoms with E-state index >= 15 is 0 Å². The van der Waals surface area contributed by atoms with E-state index in [-0.39, 0.29) is 25.2 Å². The molecule has 31 heavy (non-hydrogen) atoms. The molecule has 170 valence electrons. The summed E-state index contributed by atoms with van der Waals surface area (Å²) < 4.78 is 52.9. The van der Waals surface area contributed by atoms with E-state index < -0.39 is 21.7 Å². The topological polar surface area (TPSA) is 69.7 Å². The molecule has 1 saturated heterocycles. The van der Waals surface area contributed by atoms with Crippen LogP contribution in [0.1, 0.15) is 44.2 Å². The van der Waals surface area contributed by atoms with Gasteiger partial charge in [0.1, 0.15) is 11.6 Å². The molecule has 3 rings (SSSR count). The third-order valence-corrected chi connectivity index (χ3v) is 6.93. The molecule has 1 aliphatic heterocycles. The summed E-state index contributed by atoms with van der Waals surface area (Å²) in [4.78, 5) is 16.8. The molecule has 2 aromatic rings. The molecule has 1 heterocycles. The lowest BCUT2D eigenvalue weighted by molar-refractivity contribution is 0.0405. The number of sulfonamides is 1. The predicted molar refractivity (Wildman–Crippen MR) is 118 cm³/mol. The van der Waals surface area contributed by atoms with Crippen LogP contribution in [0, 0.1) is 11.6 Å². The first-order valence-corrected chi connectivity index (χ1v) is 11.9. The zero-order valence-corrected chi connectivity index (χ0v) is 18.6. The van der Waals surface area contributed by atoms with Crippen molar-refractivity contribution in [3.63, 3.8) is 0 Å². The fourth-order valence-corrected chi connectivity index (χ4v) is 4.40. The second-order valence-corrected chi connectivity index (χ2v) is 9.82. The van der Waals surface area contributed by atoms with Crippen LogP contribution in [-0.4, -0.2) is 55.6 Å². The van der Waals surface area contributed by atoms with Crippen LogP contribution in [-0.2, 0) is 10.0 Å². The Morgan fingerprint density at radius 3 is 2.32 bits per heavy atom. The molecule has 1 unspecified atom stereocenters. The van der Waals surface area contributed by atoms with E-state index in [2.05, 4.69) is 9.62 Å². The highest BCUT2D eigenvalue weighted by molar-refractivity contribution is 7.92. The lowest BCUT2D eigenvalue weighted by atomic mass is 10.0. The summed E-state index contributed by atoms with van der Waals surface area (Å²) in [7, 11) is -3.38. The summed E-state index contributed by atoms with van der Waals surface area (Å²) >= 11 is 0. The highest BCUT2D eigenvalue weighted by Crippen LogP contribution is 2.26. The van der Waals surface area contributed by atoms with Gasteiger partial charge >= 0.3 is 0 Å². The first-order valence-electron chi connectivity index (χ1n) is 10.2. The molecule has 2 atom stereocenters. The van der Waals surface area contributed by atoms with E-state index in [4.69, 9.17) is 0 Å². The van der Waals surface area contributed by atoms with Crippen molar-refractivity contribution in [1.82, 2.24) is 9.80 Å². The molecule has 0 radical (unpaired) electrons. The Hall–Kier alpha value is -2.52. The van der Waals surface area contributed by atoms with Crippen molar-refractivity contribution >= 4 is 21.6 Å². The van der Waals surface area contributed by atoms with Crippen molar-refractivity contribution in [2.75, 3.05) is 30.1 Å². The van der Waals surface area contributed by atoms with E-state index in [1.54, 1.807) is 36.1 Å². The normalized spacial score (nSPS) is 18.6. The van der Waals surface area contributed by atoms with Gasteiger partial charge in [-0.1, -0.05) is 0 Å². The molecule has 1 N–H and O–H groups in total. The van der Waals surface area contributed by atoms with Crippen LogP contribution >= 0.6 is 0 Å². The van der Waals surface area contributed by atoms with E-state index in [0.29, 0.717) is 36.4 Å². The Morgan fingerprint density at radius 1 is 1.16 bits per heavy atom. The van der Waals surface area contributed by atoms with Crippen molar-refractivity contribution in [2.45, 2.75) is 32.9 Å². The lowest BCUT2D eigenvalue weighted by Crippen LogP contribution is -2.54. The van der Waals surface area contributed by atoms with Crippen LogP contribution in [0.5, 0.6) is 0 Å². The standard InChI is InChI=1S/C22H27F2N3O3S.H2/c1-4-31(29,30)25-21-7-5-17(6-8-21)22(28)27-10-9-26(14-15(27)2)16(3)18-11-19(23)13-20(24)12-18;/h5-8,11-13,15-16,25H,4,9-10,14H2,1-3H3;1H/t15-,16?;/m1./s1. The van der Waals surface area contributed by atoms with Crippen LogP contribution < -0.4 is 4.72 Å². The molecule has 0 saturated carbocycles. The van der Waals surface area contributed by atoms with E-state index in [1.807, 2.05) is 13.8 Å². The Labute approximate surface area is 183 Å². The van der Waals surface area contributed by atoms with Crippen molar-refractivity contribution in [3.8, 4) is 0 Å². The van der Waals surface area contributed by atoms with Crippen LogP contribution in [0.25, 0.3) is 0 Å². The van der Waals surface area contributed by atoms with Gasteiger partial charge in [-0.2, -0.15) is 0 Å². The Kier molecular flexibility index (Phi) is 6.96. The van der Waals surface area contributed by atoms with Crippen molar-refractivity contribution < 1.29 is 23.4 Å². The third-order valence-electron chi connectivity index (χ3n) is 5.62. The SMILES string of the molecule is CCS(=O)(=O)Nc1ccc(C(=O)N2CCN(C(C)c3cc(F)cc(F)c3)C[C@H]2C)cc1.[HH]. The minimum Gasteiger partial charge on any atom is -0.333 e. The van der Waals surface area contributed by atoms with E-state index in [1.165, 1.54) is 12.1 Å². The first kappa shape index (κ1) is 23.1. The zero-order chi connectivity index (χ0) is 22.8. The maximum absolute atomic E-state index is 13.6. The number of halogens is 2. The largest absolute Gasteiger partial charge is 0.333 e. The Bertz CT molecular complexity index is 1030. The number of amides is 1. The first-order chi connectivity index (χ1) is 14.6. The summed E-state index contributed by atoms with van der Waals surface area (Å²) in [5.41, 5.74) is 1.45. The van der Waals surface area contributed by atoms with Gasteiger partial charge in [0.25, 0.3) is 5.91 Å². The summed E-state index contributed by atoms with van der Waals surface area (Å²) in [5.74, 6) is -1.38. The third kappa shape index (κ3) is 5.59. The van der Waals surface area contributed by atoms with Gasteiger partial charge in [0.2, 0.25) is 10.0 Å². The second kappa shape index (κ2) is 9.32. The number of piperazine rings is 1. The predicted octanol–water partition coefficient (Wildman–Crippen LogP) is 3.88. The highest BCUT2D eigenvalue weighted by atomic mass is 32.2. The molecule has 1 aliphatic rings. The fraction of sp³-hybridized carbons (Fsp3) is 0.409. The van der Waals surface area contributed by atoms with Gasteiger partial charge in [0.15, 0.2) is 0 Å². The van der Waals surface area contributed by atoms with E-state index in [0.717, 1.165) is 6.07 Å². The van der Waals surface area contributed by atoms with Gasteiger partial charge in [0.05, 0.1) is 5.75 Å². The number of nitrogens with one attached hydrogen (secondary N) is 1. The molecule has 1 amide bonds. The Balaban J connectivity index is 0.00000363. The average molecular weight is 454 g/mol. The lowest BCUT2D eigenvalue weighted by Gasteiger charge is -2.42. The fourth-order valence-electron chi connectivity index (χ4n) is 3.76. The van der Waals surface area contributed by atoms with Gasteiger partial charge in [-0.05, 0) is 62.7 Å². The highest BCUT2D eigenvalue weighted by Gasteiger charge is 2.30. The number of carbonyl (C=O) groups excluding carboxylic acids is 1. The monoisotopic (exact) mass is 453 g/mol. The van der Waals surface area contributed by atoms with Gasteiger partial charge in [-0.3, -0.25) is 14.4 Å². The number of benzene rings is 2. The minimum absolute atomic E-state index is 0.